The van der Waals surface area contributed by atoms with Crippen molar-refractivity contribution < 1.29 is 9.90 Å². The highest BCUT2D eigenvalue weighted by molar-refractivity contribution is 8.03. The summed E-state index contributed by atoms with van der Waals surface area (Å²) in [5, 5.41) is 8.58. The monoisotopic (exact) mass is 283 g/mol. The van der Waals surface area contributed by atoms with E-state index in [0.29, 0.717) is 0 Å². The summed E-state index contributed by atoms with van der Waals surface area (Å²) in [6.07, 6.45) is 0. The molecule has 0 unspecified atom stereocenters. The number of benzene rings is 1. The number of carboxylic acid groups (broad SMARTS) is 1. The van der Waals surface area contributed by atoms with Gasteiger partial charge >= 0.3 is 5.97 Å². The second-order valence-corrected chi connectivity index (χ2v) is 6.57. The van der Waals surface area contributed by atoms with E-state index in [-0.39, 0.29) is 5.75 Å². The predicted octanol–water partition coefficient (Wildman–Crippen LogP) is 3.22. The fraction of sp³-hybridized carbons (Fsp3) is 0.0909. The zero-order valence-corrected chi connectivity index (χ0v) is 11.1. The maximum absolute atomic E-state index is 10.4. The Balaban J connectivity index is 2.13. The standard InChI is InChI=1S/C11H9NO2S3/c13-10(14)7-15-11-6-9(16-17-11)12-8-4-2-1-3-5-8/h1-6H,7H2,(H,13,14). The van der Waals surface area contributed by atoms with Gasteiger partial charge in [0, 0.05) is 0 Å². The molecule has 1 N–H and O–H groups in total. The highest BCUT2D eigenvalue weighted by Gasteiger charge is 2.01. The Labute approximate surface area is 110 Å². The third-order valence-electron chi connectivity index (χ3n) is 1.78. The number of thioether (sulfide) groups is 1. The summed E-state index contributed by atoms with van der Waals surface area (Å²) in [6, 6.07) is 11.6. The number of carbonyl (C=O) groups is 1. The van der Waals surface area contributed by atoms with Gasteiger partial charge in [0.15, 0.2) is 0 Å². The molecule has 0 spiro atoms. The third-order valence-corrected chi connectivity index (χ3v) is 5.54. The van der Waals surface area contributed by atoms with Crippen LogP contribution >= 0.6 is 32.4 Å². The molecule has 0 fully saturated rings. The molecule has 2 aromatic rings. The van der Waals surface area contributed by atoms with E-state index in [0.717, 1.165) is 14.6 Å². The van der Waals surface area contributed by atoms with Crippen LogP contribution in [0.25, 0.3) is 0 Å². The van der Waals surface area contributed by atoms with Crippen LogP contribution in [0.1, 0.15) is 0 Å². The van der Waals surface area contributed by atoms with Gasteiger partial charge < -0.3 is 5.11 Å². The minimum atomic E-state index is -0.796. The zero-order chi connectivity index (χ0) is 12.1. The number of hydrogen-bond acceptors (Lipinski definition) is 5. The van der Waals surface area contributed by atoms with Crippen molar-refractivity contribution in [3.63, 3.8) is 0 Å². The summed E-state index contributed by atoms with van der Waals surface area (Å²) in [7, 11) is 3.12. The quantitative estimate of drug-likeness (QED) is 0.692. The van der Waals surface area contributed by atoms with Crippen molar-refractivity contribution in [1.82, 2.24) is 0 Å². The molecular weight excluding hydrogens is 274 g/mol. The summed E-state index contributed by atoms with van der Waals surface area (Å²) in [5.74, 6) is -0.701. The first kappa shape index (κ1) is 12.3. The number of nitrogens with zero attached hydrogens (tertiary/aromatic N) is 1. The number of rotatable bonds is 4. The molecule has 0 saturated heterocycles. The van der Waals surface area contributed by atoms with Crippen LogP contribution in [0.4, 0.5) is 5.69 Å². The van der Waals surface area contributed by atoms with Gasteiger partial charge in [-0.3, -0.25) is 4.79 Å². The van der Waals surface area contributed by atoms with E-state index < -0.39 is 5.97 Å². The van der Waals surface area contributed by atoms with Gasteiger partial charge in [-0.25, -0.2) is 4.99 Å². The van der Waals surface area contributed by atoms with E-state index in [1.165, 1.54) is 11.8 Å². The third kappa shape index (κ3) is 3.99. The summed E-state index contributed by atoms with van der Waals surface area (Å²) < 4.78 is 1.90. The van der Waals surface area contributed by atoms with Gasteiger partial charge in [-0.15, -0.1) is 11.8 Å². The number of aliphatic carboxylic acids is 1. The maximum atomic E-state index is 10.4. The Hall–Kier alpha value is -1.11. The molecule has 1 heterocycles. The molecule has 1 aromatic heterocycles. The minimum absolute atomic E-state index is 0.0952. The van der Waals surface area contributed by atoms with Crippen molar-refractivity contribution in [2.75, 3.05) is 5.75 Å². The van der Waals surface area contributed by atoms with Crippen LogP contribution in [-0.4, -0.2) is 16.8 Å². The van der Waals surface area contributed by atoms with Gasteiger partial charge in [-0.1, -0.05) is 38.9 Å². The van der Waals surface area contributed by atoms with Crippen LogP contribution in [-0.2, 0) is 4.79 Å². The summed E-state index contributed by atoms with van der Waals surface area (Å²) in [5.41, 5.74) is 0.913. The van der Waals surface area contributed by atoms with Crippen molar-refractivity contribution in [3.05, 3.63) is 41.1 Å². The fourth-order valence-electron chi connectivity index (χ4n) is 1.11. The van der Waals surface area contributed by atoms with Gasteiger partial charge in [0.25, 0.3) is 0 Å². The lowest BCUT2D eigenvalue weighted by molar-refractivity contribution is -0.133. The Bertz CT molecular complexity index is 559. The average Bonchev–Trinajstić information content (AvgIpc) is 2.75. The summed E-state index contributed by atoms with van der Waals surface area (Å²) in [4.78, 5) is 14.9. The predicted molar refractivity (Wildman–Crippen MR) is 72.2 cm³/mol. The Morgan fingerprint density at radius 2 is 2.06 bits per heavy atom. The normalized spacial score (nSPS) is 11.6. The molecule has 6 heteroatoms. The second-order valence-electron chi connectivity index (χ2n) is 3.10. The van der Waals surface area contributed by atoms with E-state index in [4.69, 9.17) is 5.11 Å². The molecule has 0 amide bonds. The highest BCUT2D eigenvalue weighted by atomic mass is 32.9. The van der Waals surface area contributed by atoms with Gasteiger partial charge in [0.2, 0.25) is 0 Å². The average molecular weight is 283 g/mol. The van der Waals surface area contributed by atoms with Crippen molar-refractivity contribution in [2.24, 2.45) is 4.99 Å². The van der Waals surface area contributed by atoms with E-state index in [2.05, 4.69) is 4.99 Å². The molecule has 0 aliphatic carbocycles. The van der Waals surface area contributed by atoms with Crippen LogP contribution in [0.2, 0.25) is 0 Å². The van der Waals surface area contributed by atoms with E-state index in [1.54, 1.807) is 20.7 Å². The molecule has 0 bridgehead atoms. The summed E-state index contributed by atoms with van der Waals surface area (Å²) >= 11 is 1.33. The number of carboxylic acids is 1. The molecule has 0 radical (unpaired) electrons. The van der Waals surface area contributed by atoms with Crippen LogP contribution in [0.15, 0.2) is 45.6 Å². The van der Waals surface area contributed by atoms with Crippen LogP contribution < -0.4 is 4.67 Å². The topological polar surface area (TPSA) is 49.7 Å². The fourth-order valence-corrected chi connectivity index (χ4v) is 4.37. The smallest absolute Gasteiger partial charge is 0.313 e. The first-order valence-corrected chi connectivity index (χ1v) is 7.92. The summed E-state index contributed by atoms with van der Waals surface area (Å²) in [6.45, 7) is 0. The zero-order valence-electron chi connectivity index (χ0n) is 8.70. The Kier molecular flexibility index (Phi) is 4.36. The van der Waals surface area contributed by atoms with Crippen molar-refractivity contribution in [3.8, 4) is 0 Å². The van der Waals surface area contributed by atoms with Gasteiger partial charge in [-0.2, -0.15) is 0 Å². The molecule has 0 saturated carbocycles. The molecular formula is C11H9NO2S3. The lowest BCUT2D eigenvalue weighted by Gasteiger charge is -1.89. The first-order valence-electron chi connectivity index (χ1n) is 4.78. The Morgan fingerprint density at radius 3 is 2.76 bits per heavy atom. The molecule has 3 nitrogen and oxygen atoms in total. The highest BCUT2D eigenvalue weighted by Crippen LogP contribution is 2.24. The minimum Gasteiger partial charge on any atom is -0.481 e. The molecule has 88 valence electrons. The van der Waals surface area contributed by atoms with Gasteiger partial charge in [0.1, 0.15) is 4.67 Å². The van der Waals surface area contributed by atoms with Crippen LogP contribution in [0, 0.1) is 0 Å². The van der Waals surface area contributed by atoms with Crippen molar-refractivity contribution in [1.29, 1.82) is 0 Å². The molecule has 0 aliphatic rings. The molecule has 1 aromatic carbocycles. The number of para-hydroxylation sites is 1. The maximum Gasteiger partial charge on any atom is 0.313 e. The lowest BCUT2D eigenvalue weighted by atomic mass is 10.3. The van der Waals surface area contributed by atoms with Crippen LogP contribution in [0.3, 0.4) is 0 Å². The Morgan fingerprint density at radius 1 is 1.29 bits per heavy atom. The second kappa shape index (κ2) is 6.00. The SMILES string of the molecule is O=C(O)CSc1cc(=Nc2ccccc2)ss1. The molecule has 0 aliphatic heterocycles. The molecule has 17 heavy (non-hydrogen) atoms. The van der Waals surface area contributed by atoms with Gasteiger partial charge in [0.05, 0.1) is 15.6 Å². The molecule has 2 rings (SSSR count). The van der Waals surface area contributed by atoms with Crippen molar-refractivity contribution in [2.45, 2.75) is 4.21 Å². The van der Waals surface area contributed by atoms with E-state index in [9.17, 15) is 4.79 Å². The van der Waals surface area contributed by atoms with Crippen LogP contribution in [0.5, 0.6) is 0 Å². The first-order chi connectivity index (χ1) is 8.24. The van der Waals surface area contributed by atoms with Crippen molar-refractivity contribution >= 4 is 44.1 Å². The lowest BCUT2D eigenvalue weighted by Crippen LogP contribution is -1.97. The number of hydrogen-bond donors (Lipinski definition) is 1. The molecule has 0 atom stereocenters. The van der Waals surface area contributed by atoms with E-state index in [1.807, 2.05) is 36.4 Å². The largest absolute Gasteiger partial charge is 0.481 e. The van der Waals surface area contributed by atoms with E-state index >= 15 is 0 Å². The van der Waals surface area contributed by atoms with Gasteiger partial charge in [-0.05, 0) is 18.2 Å².